The molecule has 5 heteroatoms. The number of benzene rings is 1. The van der Waals surface area contributed by atoms with Crippen molar-refractivity contribution >= 4 is 15.9 Å². The maximum Gasteiger partial charge on any atom is 0.133 e. The molecule has 2 rings (SSSR count). The van der Waals surface area contributed by atoms with Crippen LogP contribution < -0.4 is 10.1 Å². The van der Waals surface area contributed by atoms with Gasteiger partial charge in [-0.15, -0.1) is 0 Å². The first-order chi connectivity index (χ1) is 9.67. The average molecular weight is 338 g/mol. The second-order valence-corrected chi connectivity index (χ2v) is 5.50. The summed E-state index contributed by atoms with van der Waals surface area (Å²) in [4.78, 5) is 0. The average Bonchev–Trinajstić information content (AvgIpc) is 2.92. The molecule has 20 heavy (non-hydrogen) atoms. The third-order valence-corrected chi connectivity index (χ3v) is 4.00. The predicted octanol–water partition coefficient (Wildman–Crippen LogP) is 3.18. The van der Waals surface area contributed by atoms with Crippen molar-refractivity contribution in [1.82, 2.24) is 15.1 Å². The van der Waals surface area contributed by atoms with E-state index in [1.165, 1.54) is 11.1 Å². The summed E-state index contributed by atoms with van der Waals surface area (Å²) in [5.74, 6) is 0.849. The monoisotopic (exact) mass is 337 g/mol. The van der Waals surface area contributed by atoms with Gasteiger partial charge in [0.15, 0.2) is 0 Å². The minimum atomic E-state index is 0.256. The lowest BCUT2D eigenvalue weighted by atomic mass is 10.0. The molecule has 1 aromatic heterocycles. The Bertz CT molecular complexity index is 568. The first kappa shape index (κ1) is 15.1. The molecule has 0 saturated heterocycles. The zero-order chi connectivity index (χ0) is 14.5. The lowest BCUT2D eigenvalue weighted by Crippen LogP contribution is -2.18. The molecular formula is C15H20BrN3O. The van der Waals surface area contributed by atoms with Crippen LogP contribution in [0.2, 0.25) is 0 Å². The molecule has 2 aromatic rings. The van der Waals surface area contributed by atoms with Crippen molar-refractivity contribution in [3.63, 3.8) is 0 Å². The number of nitrogens with one attached hydrogen (secondary N) is 1. The molecule has 0 bridgehead atoms. The Morgan fingerprint density at radius 2 is 2.25 bits per heavy atom. The summed E-state index contributed by atoms with van der Waals surface area (Å²) in [6.07, 6.45) is 4.95. The third kappa shape index (κ3) is 3.41. The molecular weight excluding hydrogens is 318 g/mol. The van der Waals surface area contributed by atoms with E-state index < -0.39 is 0 Å². The zero-order valence-corrected chi connectivity index (χ0v) is 13.6. The van der Waals surface area contributed by atoms with E-state index in [4.69, 9.17) is 4.74 Å². The van der Waals surface area contributed by atoms with Crippen molar-refractivity contribution in [1.29, 1.82) is 0 Å². The fourth-order valence-electron chi connectivity index (χ4n) is 2.21. The number of hydrogen-bond acceptors (Lipinski definition) is 3. The molecule has 1 unspecified atom stereocenters. The van der Waals surface area contributed by atoms with Gasteiger partial charge < -0.3 is 10.1 Å². The minimum Gasteiger partial charge on any atom is -0.496 e. The van der Waals surface area contributed by atoms with Crippen molar-refractivity contribution in [3.05, 3.63) is 46.2 Å². The van der Waals surface area contributed by atoms with Gasteiger partial charge in [-0.2, -0.15) is 5.10 Å². The van der Waals surface area contributed by atoms with Gasteiger partial charge in [0, 0.05) is 18.8 Å². The topological polar surface area (TPSA) is 39.1 Å². The largest absolute Gasteiger partial charge is 0.496 e. The van der Waals surface area contributed by atoms with Crippen LogP contribution in [0.5, 0.6) is 5.75 Å². The summed E-state index contributed by atoms with van der Waals surface area (Å²) in [6.45, 7) is 2.99. The van der Waals surface area contributed by atoms with E-state index in [2.05, 4.69) is 51.6 Å². The Hall–Kier alpha value is -1.33. The van der Waals surface area contributed by atoms with Gasteiger partial charge >= 0.3 is 0 Å². The molecule has 0 aliphatic rings. The summed E-state index contributed by atoms with van der Waals surface area (Å²) in [7, 11) is 3.65. The molecule has 0 spiro atoms. The van der Waals surface area contributed by atoms with Gasteiger partial charge in [-0.1, -0.05) is 6.07 Å². The van der Waals surface area contributed by atoms with Gasteiger partial charge in [0.25, 0.3) is 0 Å². The second-order valence-electron chi connectivity index (χ2n) is 4.64. The number of halogens is 1. The van der Waals surface area contributed by atoms with Crippen molar-refractivity contribution in [2.45, 2.75) is 25.9 Å². The van der Waals surface area contributed by atoms with Crippen LogP contribution >= 0.6 is 15.9 Å². The van der Waals surface area contributed by atoms with Crippen LogP contribution in [0.1, 0.15) is 24.1 Å². The molecule has 0 fully saturated rings. The molecule has 1 N–H and O–H groups in total. The fraction of sp³-hybridized carbons (Fsp3) is 0.400. The van der Waals surface area contributed by atoms with Crippen molar-refractivity contribution in [3.8, 4) is 5.75 Å². The highest BCUT2D eigenvalue weighted by atomic mass is 79.9. The smallest absolute Gasteiger partial charge is 0.133 e. The molecule has 1 aromatic carbocycles. The summed E-state index contributed by atoms with van der Waals surface area (Å²) in [5, 5.41) is 7.68. The maximum atomic E-state index is 5.27. The van der Waals surface area contributed by atoms with Crippen molar-refractivity contribution in [2.75, 3.05) is 14.2 Å². The molecule has 108 valence electrons. The number of aromatic nitrogens is 2. The lowest BCUT2D eigenvalue weighted by Gasteiger charge is -2.17. The number of rotatable bonds is 6. The first-order valence-corrected chi connectivity index (χ1v) is 7.49. The number of nitrogens with zero attached hydrogens (tertiary/aromatic N) is 2. The number of ether oxygens (including phenoxy) is 1. The highest BCUT2D eigenvalue weighted by Gasteiger charge is 2.13. The van der Waals surface area contributed by atoms with E-state index >= 15 is 0 Å². The first-order valence-electron chi connectivity index (χ1n) is 6.70. The third-order valence-electron chi connectivity index (χ3n) is 3.38. The van der Waals surface area contributed by atoms with Gasteiger partial charge in [-0.25, -0.2) is 0 Å². The highest BCUT2D eigenvalue weighted by Crippen LogP contribution is 2.29. The van der Waals surface area contributed by atoms with Gasteiger partial charge in [0.05, 0.1) is 17.8 Å². The summed E-state index contributed by atoms with van der Waals surface area (Å²) in [5.41, 5.74) is 2.46. The summed E-state index contributed by atoms with van der Waals surface area (Å²) < 4.78 is 8.19. The summed E-state index contributed by atoms with van der Waals surface area (Å²) in [6, 6.07) is 6.44. The van der Waals surface area contributed by atoms with Crippen LogP contribution in [-0.2, 0) is 13.0 Å². The van der Waals surface area contributed by atoms with E-state index in [0.29, 0.717) is 0 Å². The quantitative estimate of drug-likeness (QED) is 0.879. The Labute approximate surface area is 128 Å². The minimum absolute atomic E-state index is 0.256. The van der Waals surface area contributed by atoms with Gasteiger partial charge in [-0.05, 0) is 59.6 Å². The molecule has 4 nitrogen and oxygen atoms in total. The zero-order valence-electron chi connectivity index (χ0n) is 12.1. The number of methoxy groups -OCH3 is 1. The van der Waals surface area contributed by atoms with Gasteiger partial charge in [0.2, 0.25) is 0 Å². The Morgan fingerprint density at radius 3 is 2.80 bits per heavy atom. The van der Waals surface area contributed by atoms with E-state index in [9.17, 15) is 0 Å². The number of hydrogen-bond donors (Lipinski definition) is 1. The second kappa shape index (κ2) is 6.90. The molecule has 1 atom stereocenters. The van der Waals surface area contributed by atoms with Crippen LogP contribution in [0, 0.1) is 0 Å². The Balaban J connectivity index is 2.17. The highest BCUT2D eigenvalue weighted by molar-refractivity contribution is 9.10. The predicted molar refractivity (Wildman–Crippen MR) is 84.1 cm³/mol. The van der Waals surface area contributed by atoms with E-state index in [1.807, 2.05) is 24.0 Å². The van der Waals surface area contributed by atoms with Gasteiger partial charge in [-0.3, -0.25) is 4.68 Å². The molecule has 0 saturated carbocycles. The SMILES string of the molecule is CCn1cc(CC(NC)c2ccc(OC)c(Br)c2)cn1. The van der Waals surface area contributed by atoms with Crippen molar-refractivity contribution in [2.24, 2.45) is 0 Å². The van der Waals surface area contributed by atoms with Crippen molar-refractivity contribution < 1.29 is 4.74 Å². The fourth-order valence-corrected chi connectivity index (χ4v) is 2.76. The standard InChI is InChI=1S/C15H20BrN3O/c1-4-19-10-11(9-18-19)7-14(17-2)12-5-6-15(20-3)13(16)8-12/h5-6,8-10,14,17H,4,7H2,1-3H3. The number of likely N-dealkylation sites (N-methyl/N-ethyl adjacent to an activating group) is 1. The maximum absolute atomic E-state index is 5.27. The Kier molecular flexibility index (Phi) is 5.20. The summed E-state index contributed by atoms with van der Waals surface area (Å²) >= 11 is 3.54. The Morgan fingerprint density at radius 1 is 1.45 bits per heavy atom. The molecule has 0 aliphatic carbocycles. The van der Waals surface area contributed by atoms with Crippen LogP contribution in [0.15, 0.2) is 35.1 Å². The number of aryl methyl sites for hydroxylation is 1. The molecule has 1 heterocycles. The molecule has 0 radical (unpaired) electrons. The van der Waals surface area contributed by atoms with Crippen LogP contribution in [0.25, 0.3) is 0 Å². The van der Waals surface area contributed by atoms with E-state index in [0.717, 1.165) is 23.2 Å². The lowest BCUT2D eigenvalue weighted by molar-refractivity contribution is 0.411. The van der Waals surface area contributed by atoms with Crippen LogP contribution in [-0.4, -0.2) is 23.9 Å². The van der Waals surface area contributed by atoms with Crippen LogP contribution in [0.3, 0.4) is 0 Å². The van der Waals surface area contributed by atoms with E-state index in [1.54, 1.807) is 7.11 Å². The molecule has 0 aliphatic heterocycles. The van der Waals surface area contributed by atoms with E-state index in [-0.39, 0.29) is 6.04 Å². The van der Waals surface area contributed by atoms with Crippen LogP contribution in [0.4, 0.5) is 0 Å². The normalized spacial score (nSPS) is 12.4. The van der Waals surface area contributed by atoms with Gasteiger partial charge in [0.1, 0.15) is 5.75 Å². The molecule has 0 amide bonds.